The Labute approximate surface area is 246 Å². The average Bonchev–Trinajstić information content (AvgIpc) is 3.56. The van der Waals surface area contributed by atoms with Crippen LogP contribution >= 0.6 is 0 Å². The SMILES string of the molecule is O=C(Nc1c(-c2ccccc2)cc(-c2ccccc2)cc1-c1ccccc1)[C@@H]1CCCN1C(=O)OCc1ccccc1. The molecule has 0 unspecified atom stereocenters. The van der Waals surface area contributed by atoms with Crippen LogP contribution in [0.4, 0.5) is 10.5 Å². The molecule has 0 aliphatic carbocycles. The van der Waals surface area contributed by atoms with Gasteiger partial charge in [-0.25, -0.2) is 4.79 Å². The maximum absolute atomic E-state index is 14.0. The van der Waals surface area contributed by atoms with Crippen molar-refractivity contribution < 1.29 is 14.3 Å². The van der Waals surface area contributed by atoms with Gasteiger partial charge in [0.05, 0.1) is 5.69 Å². The number of anilines is 1. The molecule has 6 rings (SSSR count). The Morgan fingerprint density at radius 1 is 0.667 bits per heavy atom. The lowest BCUT2D eigenvalue weighted by Gasteiger charge is -2.25. The Bertz CT molecular complexity index is 1600. The van der Waals surface area contributed by atoms with Crippen LogP contribution in [-0.4, -0.2) is 29.5 Å². The molecule has 1 aliphatic heterocycles. The van der Waals surface area contributed by atoms with E-state index in [1.165, 1.54) is 0 Å². The fourth-order valence-corrected chi connectivity index (χ4v) is 5.53. The highest BCUT2D eigenvalue weighted by Crippen LogP contribution is 2.41. The van der Waals surface area contributed by atoms with E-state index in [0.717, 1.165) is 51.1 Å². The van der Waals surface area contributed by atoms with Gasteiger partial charge in [-0.3, -0.25) is 9.69 Å². The fourth-order valence-electron chi connectivity index (χ4n) is 5.53. The van der Waals surface area contributed by atoms with Crippen molar-refractivity contribution in [2.75, 3.05) is 11.9 Å². The second kappa shape index (κ2) is 12.6. The molecule has 5 heteroatoms. The van der Waals surface area contributed by atoms with E-state index in [1.807, 2.05) is 84.9 Å². The summed E-state index contributed by atoms with van der Waals surface area (Å²) in [5, 5.41) is 3.27. The second-order valence-corrected chi connectivity index (χ2v) is 10.4. The maximum atomic E-state index is 14.0. The normalized spacial score (nSPS) is 14.4. The summed E-state index contributed by atoms with van der Waals surface area (Å²) in [5.74, 6) is -0.217. The first kappa shape index (κ1) is 27.0. The van der Waals surface area contributed by atoms with E-state index in [-0.39, 0.29) is 12.5 Å². The number of hydrogen-bond donors (Lipinski definition) is 1. The minimum Gasteiger partial charge on any atom is -0.445 e. The summed E-state index contributed by atoms with van der Waals surface area (Å²) < 4.78 is 5.60. The standard InChI is InChI=1S/C37H32N2O3/c40-36(34-22-13-23-39(34)37(41)42-26-27-14-5-1-6-15-27)38-35-32(29-18-9-3-10-19-29)24-31(28-16-7-2-8-17-28)25-33(35)30-20-11-4-12-21-30/h1-12,14-21,24-25,34H,13,22-23,26H2,(H,38,40)/t34-/m0/s1. The zero-order valence-corrected chi connectivity index (χ0v) is 23.3. The average molecular weight is 553 g/mol. The van der Waals surface area contributed by atoms with E-state index in [4.69, 9.17) is 4.74 Å². The molecule has 42 heavy (non-hydrogen) atoms. The predicted molar refractivity (Wildman–Crippen MR) is 168 cm³/mol. The molecule has 5 nitrogen and oxygen atoms in total. The molecule has 0 radical (unpaired) electrons. The smallest absolute Gasteiger partial charge is 0.410 e. The summed E-state index contributed by atoms with van der Waals surface area (Å²) in [6.07, 6.45) is 0.848. The van der Waals surface area contributed by atoms with Gasteiger partial charge in [-0.1, -0.05) is 121 Å². The van der Waals surface area contributed by atoms with Gasteiger partial charge in [-0.15, -0.1) is 0 Å². The number of nitrogens with zero attached hydrogens (tertiary/aromatic N) is 1. The lowest BCUT2D eigenvalue weighted by molar-refractivity contribution is -0.120. The van der Waals surface area contributed by atoms with E-state index in [2.05, 4.69) is 53.8 Å². The zero-order chi connectivity index (χ0) is 28.7. The highest BCUT2D eigenvalue weighted by atomic mass is 16.6. The number of ether oxygens (including phenoxy) is 1. The molecule has 1 saturated heterocycles. The van der Waals surface area contributed by atoms with Gasteiger partial charge < -0.3 is 10.1 Å². The molecule has 1 atom stereocenters. The molecule has 0 aromatic heterocycles. The van der Waals surface area contributed by atoms with Gasteiger partial charge in [-0.05, 0) is 52.8 Å². The molecule has 2 amide bonds. The molecular weight excluding hydrogens is 520 g/mol. The number of amides is 2. The Hall–Kier alpha value is -5.16. The fraction of sp³-hybridized carbons (Fsp3) is 0.135. The van der Waals surface area contributed by atoms with Crippen LogP contribution < -0.4 is 5.32 Å². The number of benzene rings is 5. The highest BCUT2D eigenvalue weighted by molar-refractivity contribution is 6.05. The first-order chi connectivity index (χ1) is 20.7. The predicted octanol–water partition coefficient (Wildman–Crippen LogP) is 8.43. The van der Waals surface area contributed by atoms with Crippen molar-refractivity contribution in [3.63, 3.8) is 0 Å². The molecule has 5 aromatic carbocycles. The number of carbonyl (C=O) groups excluding carboxylic acids is 2. The monoisotopic (exact) mass is 552 g/mol. The van der Waals surface area contributed by atoms with Crippen molar-refractivity contribution in [1.82, 2.24) is 4.90 Å². The van der Waals surface area contributed by atoms with Gasteiger partial charge in [0.15, 0.2) is 0 Å². The van der Waals surface area contributed by atoms with Gasteiger partial charge in [0.25, 0.3) is 0 Å². The van der Waals surface area contributed by atoms with E-state index in [1.54, 1.807) is 4.90 Å². The van der Waals surface area contributed by atoms with Gasteiger partial charge in [0.1, 0.15) is 12.6 Å². The molecule has 1 heterocycles. The van der Waals surface area contributed by atoms with E-state index in [9.17, 15) is 9.59 Å². The summed E-state index contributed by atoms with van der Waals surface area (Å²) in [6.45, 7) is 0.650. The first-order valence-corrected chi connectivity index (χ1v) is 14.3. The summed E-state index contributed by atoms with van der Waals surface area (Å²) in [4.78, 5) is 28.6. The van der Waals surface area contributed by atoms with Gasteiger partial charge >= 0.3 is 6.09 Å². The third kappa shape index (κ3) is 5.96. The summed E-state index contributed by atoms with van der Waals surface area (Å²) in [6, 6.07) is 43.6. The summed E-state index contributed by atoms with van der Waals surface area (Å²) in [7, 11) is 0. The van der Waals surface area contributed by atoms with E-state index < -0.39 is 12.1 Å². The number of carbonyl (C=O) groups is 2. The number of rotatable bonds is 7. The van der Waals surface area contributed by atoms with Crippen molar-refractivity contribution in [1.29, 1.82) is 0 Å². The summed E-state index contributed by atoms with van der Waals surface area (Å²) in [5.41, 5.74) is 7.60. The molecule has 1 fully saturated rings. The van der Waals surface area contributed by atoms with Crippen LogP contribution in [0, 0.1) is 0 Å². The van der Waals surface area contributed by atoms with Crippen LogP contribution in [0.25, 0.3) is 33.4 Å². The van der Waals surface area contributed by atoms with Crippen molar-refractivity contribution in [2.24, 2.45) is 0 Å². The second-order valence-electron chi connectivity index (χ2n) is 10.4. The molecule has 0 saturated carbocycles. The van der Waals surface area contributed by atoms with Crippen LogP contribution in [0.3, 0.4) is 0 Å². The van der Waals surface area contributed by atoms with Crippen molar-refractivity contribution in [3.05, 3.63) is 139 Å². The van der Waals surface area contributed by atoms with Crippen LogP contribution in [0.15, 0.2) is 133 Å². The molecule has 5 aromatic rings. The lowest BCUT2D eigenvalue weighted by atomic mass is 9.90. The molecule has 0 spiro atoms. The molecule has 0 bridgehead atoms. The quantitative estimate of drug-likeness (QED) is 0.220. The lowest BCUT2D eigenvalue weighted by Crippen LogP contribution is -2.43. The maximum Gasteiger partial charge on any atom is 0.410 e. The number of nitrogens with one attached hydrogen (secondary N) is 1. The minimum atomic E-state index is -0.616. The van der Waals surface area contributed by atoms with Crippen LogP contribution in [0.1, 0.15) is 18.4 Å². The van der Waals surface area contributed by atoms with Crippen molar-refractivity contribution >= 4 is 17.7 Å². The van der Waals surface area contributed by atoms with E-state index in [0.29, 0.717) is 13.0 Å². The largest absolute Gasteiger partial charge is 0.445 e. The van der Waals surface area contributed by atoms with E-state index >= 15 is 0 Å². The van der Waals surface area contributed by atoms with Crippen LogP contribution in [0.5, 0.6) is 0 Å². The highest BCUT2D eigenvalue weighted by Gasteiger charge is 2.36. The van der Waals surface area contributed by atoms with Crippen LogP contribution in [0.2, 0.25) is 0 Å². The third-order valence-electron chi connectivity index (χ3n) is 7.66. The van der Waals surface area contributed by atoms with Gasteiger partial charge in [0, 0.05) is 17.7 Å². The Morgan fingerprint density at radius 2 is 1.17 bits per heavy atom. The summed E-state index contributed by atoms with van der Waals surface area (Å²) >= 11 is 0. The minimum absolute atomic E-state index is 0.168. The topological polar surface area (TPSA) is 58.6 Å². The Kier molecular flexibility index (Phi) is 8.09. The van der Waals surface area contributed by atoms with Crippen LogP contribution in [-0.2, 0) is 16.1 Å². The molecule has 208 valence electrons. The van der Waals surface area contributed by atoms with Crippen molar-refractivity contribution in [2.45, 2.75) is 25.5 Å². The zero-order valence-electron chi connectivity index (χ0n) is 23.3. The van der Waals surface area contributed by atoms with Gasteiger partial charge in [0.2, 0.25) is 5.91 Å². The molecule has 1 N–H and O–H groups in total. The number of likely N-dealkylation sites (tertiary alicyclic amines) is 1. The van der Waals surface area contributed by atoms with Gasteiger partial charge in [-0.2, -0.15) is 0 Å². The first-order valence-electron chi connectivity index (χ1n) is 14.3. The third-order valence-corrected chi connectivity index (χ3v) is 7.66. The Balaban J connectivity index is 1.36. The Morgan fingerprint density at radius 3 is 1.71 bits per heavy atom. The van der Waals surface area contributed by atoms with Crippen molar-refractivity contribution in [3.8, 4) is 33.4 Å². The molecular formula is C37H32N2O3. The number of hydrogen-bond acceptors (Lipinski definition) is 3. The molecule has 1 aliphatic rings.